The molecule has 1 unspecified atom stereocenters. The third-order valence-electron chi connectivity index (χ3n) is 2.48. The summed E-state index contributed by atoms with van der Waals surface area (Å²) in [7, 11) is 0. The zero-order valence-corrected chi connectivity index (χ0v) is 11.0. The SMILES string of the molecule is CCCCCC(C)NC(=O)c1ccc(Cl)nn1. The number of nitrogens with zero attached hydrogens (tertiary/aromatic N) is 2. The highest BCUT2D eigenvalue weighted by atomic mass is 35.5. The van der Waals surface area contributed by atoms with Crippen LogP contribution in [0.25, 0.3) is 0 Å². The molecule has 0 aliphatic heterocycles. The minimum atomic E-state index is -0.196. The third kappa shape index (κ3) is 5.13. The second-order valence-electron chi connectivity index (χ2n) is 4.11. The van der Waals surface area contributed by atoms with Crippen molar-refractivity contribution in [2.45, 2.75) is 45.6 Å². The van der Waals surface area contributed by atoms with Gasteiger partial charge in [0.05, 0.1) is 0 Å². The van der Waals surface area contributed by atoms with Crippen LogP contribution in [0.1, 0.15) is 50.0 Å². The van der Waals surface area contributed by atoms with Gasteiger partial charge in [-0.2, -0.15) is 0 Å². The summed E-state index contributed by atoms with van der Waals surface area (Å²) in [5.74, 6) is -0.196. The molecule has 1 rings (SSSR count). The van der Waals surface area contributed by atoms with E-state index in [0.717, 1.165) is 12.8 Å². The second kappa shape index (κ2) is 7.22. The summed E-state index contributed by atoms with van der Waals surface area (Å²) < 4.78 is 0. The van der Waals surface area contributed by atoms with Crippen molar-refractivity contribution in [3.63, 3.8) is 0 Å². The van der Waals surface area contributed by atoms with E-state index in [4.69, 9.17) is 11.6 Å². The Bertz CT molecular complexity index is 353. The van der Waals surface area contributed by atoms with Gasteiger partial charge in [0, 0.05) is 6.04 Å². The molecular formula is C12H18ClN3O. The van der Waals surface area contributed by atoms with Crippen molar-refractivity contribution in [1.82, 2.24) is 15.5 Å². The number of nitrogens with one attached hydrogen (secondary N) is 1. The summed E-state index contributed by atoms with van der Waals surface area (Å²) in [6.45, 7) is 4.16. The van der Waals surface area contributed by atoms with E-state index in [0.29, 0.717) is 5.69 Å². The van der Waals surface area contributed by atoms with Crippen LogP contribution in [-0.4, -0.2) is 22.1 Å². The minimum Gasteiger partial charge on any atom is -0.348 e. The van der Waals surface area contributed by atoms with Gasteiger partial charge in [-0.1, -0.05) is 37.8 Å². The van der Waals surface area contributed by atoms with Crippen LogP contribution < -0.4 is 5.32 Å². The molecule has 0 aliphatic carbocycles. The Hall–Kier alpha value is -1.16. The number of hydrogen-bond acceptors (Lipinski definition) is 3. The van der Waals surface area contributed by atoms with Crippen molar-refractivity contribution in [2.75, 3.05) is 0 Å². The fourth-order valence-corrected chi connectivity index (χ4v) is 1.61. The van der Waals surface area contributed by atoms with Crippen molar-refractivity contribution >= 4 is 17.5 Å². The molecule has 5 heteroatoms. The summed E-state index contributed by atoms with van der Waals surface area (Å²) in [6, 6.07) is 3.29. The highest BCUT2D eigenvalue weighted by Gasteiger charge is 2.11. The minimum absolute atomic E-state index is 0.159. The van der Waals surface area contributed by atoms with Crippen molar-refractivity contribution in [3.8, 4) is 0 Å². The molecular weight excluding hydrogens is 238 g/mol. The molecule has 0 fully saturated rings. The van der Waals surface area contributed by atoms with Crippen LogP contribution in [-0.2, 0) is 0 Å². The van der Waals surface area contributed by atoms with E-state index in [2.05, 4.69) is 22.4 Å². The lowest BCUT2D eigenvalue weighted by atomic mass is 10.1. The maximum Gasteiger partial charge on any atom is 0.272 e. The van der Waals surface area contributed by atoms with Crippen LogP contribution in [0, 0.1) is 0 Å². The van der Waals surface area contributed by atoms with Gasteiger partial charge in [-0.05, 0) is 25.5 Å². The molecule has 0 saturated carbocycles. The molecule has 4 nitrogen and oxygen atoms in total. The van der Waals surface area contributed by atoms with Crippen molar-refractivity contribution < 1.29 is 4.79 Å². The Labute approximate surface area is 107 Å². The molecule has 0 bridgehead atoms. The van der Waals surface area contributed by atoms with Crippen LogP contribution in [0.2, 0.25) is 5.15 Å². The lowest BCUT2D eigenvalue weighted by molar-refractivity contribution is 0.0932. The van der Waals surface area contributed by atoms with E-state index < -0.39 is 0 Å². The number of unbranched alkanes of at least 4 members (excludes halogenated alkanes) is 2. The number of amides is 1. The summed E-state index contributed by atoms with van der Waals surface area (Å²) in [5, 5.41) is 10.6. The first-order valence-electron chi connectivity index (χ1n) is 5.93. The van der Waals surface area contributed by atoms with E-state index in [-0.39, 0.29) is 17.1 Å². The molecule has 17 heavy (non-hydrogen) atoms. The van der Waals surface area contributed by atoms with Crippen LogP contribution in [0.4, 0.5) is 0 Å². The number of rotatable bonds is 6. The summed E-state index contributed by atoms with van der Waals surface area (Å²) >= 11 is 5.60. The molecule has 1 aromatic heterocycles. The van der Waals surface area contributed by atoms with Crippen molar-refractivity contribution in [2.24, 2.45) is 0 Å². The predicted octanol–water partition coefficient (Wildman–Crippen LogP) is 2.83. The quantitative estimate of drug-likeness (QED) is 0.796. The number of hydrogen-bond donors (Lipinski definition) is 1. The van der Waals surface area contributed by atoms with Gasteiger partial charge >= 0.3 is 0 Å². The lowest BCUT2D eigenvalue weighted by Gasteiger charge is -2.12. The smallest absolute Gasteiger partial charge is 0.272 e. The van der Waals surface area contributed by atoms with Crippen LogP contribution in [0.15, 0.2) is 12.1 Å². The first-order valence-corrected chi connectivity index (χ1v) is 6.31. The molecule has 94 valence electrons. The molecule has 0 saturated heterocycles. The average Bonchev–Trinajstić information content (AvgIpc) is 2.30. The van der Waals surface area contributed by atoms with Gasteiger partial charge in [0.2, 0.25) is 0 Å². The third-order valence-corrected chi connectivity index (χ3v) is 2.68. The Morgan fingerprint density at radius 1 is 1.41 bits per heavy atom. The Morgan fingerprint density at radius 3 is 2.76 bits per heavy atom. The molecule has 1 amide bonds. The standard InChI is InChI=1S/C12H18ClN3O/c1-3-4-5-6-9(2)14-12(17)10-7-8-11(13)16-15-10/h7-9H,3-6H2,1-2H3,(H,14,17). The van der Waals surface area contributed by atoms with Crippen LogP contribution in [0.3, 0.4) is 0 Å². The normalized spacial score (nSPS) is 12.2. The van der Waals surface area contributed by atoms with E-state index in [1.807, 2.05) is 6.92 Å². The maximum atomic E-state index is 11.7. The molecule has 0 spiro atoms. The molecule has 0 aromatic carbocycles. The fourth-order valence-electron chi connectivity index (χ4n) is 1.51. The summed E-state index contributed by atoms with van der Waals surface area (Å²) in [6.07, 6.45) is 4.50. The van der Waals surface area contributed by atoms with Gasteiger partial charge < -0.3 is 5.32 Å². The van der Waals surface area contributed by atoms with E-state index in [1.54, 1.807) is 12.1 Å². The van der Waals surface area contributed by atoms with Gasteiger partial charge in [0.15, 0.2) is 10.8 Å². The second-order valence-corrected chi connectivity index (χ2v) is 4.50. The monoisotopic (exact) mass is 255 g/mol. The summed E-state index contributed by atoms with van der Waals surface area (Å²) in [5.41, 5.74) is 0.303. The van der Waals surface area contributed by atoms with Crippen LogP contribution >= 0.6 is 11.6 Å². The first-order chi connectivity index (χ1) is 8.13. The predicted molar refractivity (Wildman–Crippen MR) is 68.1 cm³/mol. The van der Waals surface area contributed by atoms with Gasteiger partial charge in [-0.3, -0.25) is 4.79 Å². The van der Waals surface area contributed by atoms with Gasteiger partial charge in [0.25, 0.3) is 5.91 Å². The number of halogens is 1. The van der Waals surface area contributed by atoms with Gasteiger partial charge in [0.1, 0.15) is 0 Å². The van der Waals surface area contributed by atoms with Crippen molar-refractivity contribution in [1.29, 1.82) is 0 Å². The highest BCUT2D eigenvalue weighted by Crippen LogP contribution is 2.05. The van der Waals surface area contributed by atoms with E-state index in [1.165, 1.54) is 12.8 Å². The first kappa shape index (κ1) is 13.9. The largest absolute Gasteiger partial charge is 0.348 e. The van der Waals surface area contributed by atoms with Gasteiger partial charge in [-0.15, -0.1) is 10.2 Å². The number of aromatic nitrogens is 2. The van der Waals surface area contributed by atoms with E-state index in [9.17, 15) is 4.79 Å². The Morgan fingerprint density at radius 2 is 2.18 bits per heavy atom. The zero-order chi connectivity index (χ0) is 12.7. The number of carbonyl (C=O) groups excluding carboxylic acids is 1. The molecule has 1 N–H and O–H groups in total. The molecule has 0 aliphatic rings. The lowest BCUT2D eigenvalue weighted by Crippen LogP contribution is -2.33. The van der Waals surface area contributed by atoms with E-state index >= 15 is 0 Å². The number of carbonyl (C=O) groups is 1. The molecule has 1 heterocycles. The zero-order valence-electron chi connectivity index (χ0n) is 10.2. The summed E-state index contributed by atoms with van der Waals surface area (Å²) in [4.78, 5) is 11.7. The Balaban J connectivity index is 2.40. The molecule has 1 atom stereocenters. The topological polar surface area (TPSA) is 54.9 Å². The molecule has 1 aromatic rings. The Kier molecular flexibility index (Phi) is 5.91. The average molecular weight is 256 g/mol. The maximum absolute atomic E-state index is 11.7. The fraction of sp³-hybridized carbons (Fsp3) is 0.583. The van der Waals surface area contributed by atoms with Gasteiger partial charge in [-0.25, -0.2) is 0 Å². The molecule has 0 radical (unpaired) electrons. The van der Waals surface area contributed by atoms with Crippen LogP contribution in [0.5, 0.6) is 0 Å². The highest BCUT2D eigenvalue weighted by molar-refractivity contribution is 6.29. The van der Waals surface area contributed by atoms with Crippen molar-refractivity contribution in [3.05, 3.63) is 23.0 Å².